The zero-order chi connectivity index (χ0) is 12.3. The van der Waals surface area contributed by atoms with E-state index in [1.54, 1.807) is 11.3 Å². The summed E-state index contributed by atoms with van der Waals surface area (Å²) in [5.74, 6) is 0. The summed E-state index contributed by atoms with van der Waals surface area (Å²) in [5.41, 5.74) is 11.3. The highest BCUT2D eigenvalue weighted by molar-refractivity contribution is 7.10. The van der Waals surface area contributed by atoms with Crippen LogP contribution >= 0.6 is 11.3 Å². The van der Waals surface area contributed by atoms with E-state index in [0.29, 0.717) is 6.54 Å². The van der Waals surface area contributed by atoms with Gasteiger partial charge in [-0.1, -0.05) is 32.0 Å². The topological polar surface area (TPSA) is 26.0 Å². The van der Waals surface area contributed by atoms with Gasteiger partial charge in [-0.05, 0) is 46.5 Å². The van der Waals surface area contributed by atoms with Crippen LogP contribution < -0.4 is 5.73 Å². The molecule has 0 saturated carbocycles. The van der Waals surface area contributed by atoms with Gasteiger partial charge < -0.3 is 5.73 Å². The Balaban J connectivity index is 2.56. The zero-order valence-electron chi connectivity index (χ0n) is 10.5. The maximum absolute atomic E-state index is 5.80. The third-order valence-corrected chi connectivity index (χ3v) is 4.13. The van der Waals surface area contributed by atoms with Crippen molar-refractivity contribution in [3.63, 3.8) is 0 Å². The number of aryl methyl sites for hydroxylation is 2. The Morgan fingerprint density at radius 2 is 1.88 bits per heavy atom. The maximum Gasteiger partial charge on any atom is 0.0280 e. The molecule has 1 heterocycles. The standard InChI is InChI=1S/C15H19NS/c1-3-11-5-6-12(4-2)14(9-11)13-7-8-17-15(13)10-16/h5-9H,3-4,10,16H2,1-2H3. The van der Waals surface area contributed by atoms with Crippen molar-refractivity contribution >= 4 is 11.3 Å². The van der Waals surface area contributed by atoms with Crippen LogP contribution in [-0.2, 0) is 19.4 Å². The molecule has 90 valence electrons. The summed E-state index contributed by atoms with van der Waals surface area (Å²) in [4.78, 5) is 1.29. The molecule has 0 fully saturated rings. The lowest BCUT2D eigenvalue weighted by molar-refractivity contribution is 1.09. The first-order valence-corrected chi connectivity index (χ1v) is 7.06. The number of thiophene rings is 1. The van der Waals surface area contributed by atoms with Gasteiger partial charge in [0.2, 0.25) is 0 Å². The maximum atomic E-state index is 5.80. The molecule has 1 nitrogen and oxygen atoms in total. The first kappa shape index (κ1) is 12.3. The lowest BCUT2D eigenvalue weighted by Crippen LogP contribution is -1.97. The van der Waals surface area contributed by atoms with E-state index in [9.17, 15) is 0 Å². The van der Waals surface area contributed by atoms with Crippen molar-refractivity contribution in [1.29, 1.82) is 0 Å². The van der Waals surface area contributed by atoms with Crippen molar-refractivity contribution < 1.29 is 0 Å². The first-order valence-electron chi connectivity index (χ1n) is 6.18. The van der Waals surface area contributed by atoms with Crippen molar-refractivity contribution in [2.24, 2.45) is 5.73 Å². The minimum absolute atomic E-state index is 0.631. The second kappa shape index (κ2) is 5.48. The monoisotopic (exact) mass is 245 g/mol. The molecule has 2 rings (SSSR count). The highest BCUT2D eigenvalue weighted by Gasteiger charge is 2.09. The molecule has 0 aliphatic rings. The molecule has 0 saturated heterocycles. The molecule has 2 heteroatoms. The average Bonchev–Trinajstić information content (AvgIpc) is 2.86. The lowest BCUT2D eigenvalue weighted by atomic mass is 9.95. The van der Waals surface area contributed by atoms with Crippen LogP contribution in [0, 0.1) is 0 Å². The summed E-state index contributed by atoms with van der Waals surface area (Å²) >= 11 is 1.75. The Morgan fingerprint density at radius 1 is 1.06 bits per heavy atom. The first-order chi connectivity index (χ1) is 8.30. The van der Waals surface area contributed by atoms with E-state index >= 15 is 0 Å². The molecule has 0 spiro atoms. The number of nitrogens with two attached hydrogens (primary N) is 1. The van der Waals surface area contributed by atoms with Crippen LogP contribution in [0.4, 0.5) is 0 Å². The Bertz CT molecular complexity index is 499. The zero-order valence-corrected chi connectivity index (χ0v) is 11.3. The molecule has 0 amide bonds. The number of rotatable bonds is 4. The van der Waals surface area contributed by atoms with Crippen molar-refractivity contribution in [3.05, 3.63) is 45.6 Å². The molecule has 0 atom stereocenters. The molecule has 0 aliphatic carbocycles. The van der Waals surface area contributed by atoms with Gasteiger partial charge in [-0.3, -0.25) is 0 Å². The van der Waals surface area contributed by atoms with Gasteiger partial charge in [0.25, 0.3) is 0 Å². The molecular formula is C15H19NS. The third-order valence-electron chi connectivity index (χ3n) is 3.18. The van der Waals surface area contributed by atoms with Gasteiger partial charge in [-0.15, -0.1) is 11.3 Å². The SMILES string of the molecule is CCc1ccc(CC)c(-c2ccsc2CN)c1. The van der Waals surface area contributed by atoms with Crippen molar-refractivity contribution in [3.8, 4) is 11.1 Å². The Morgan fingerprint density at radius 3 is 2.53 bits per heavy atom. The number of hydrogen-bond acceptors (Lipinski definition) is 2. The predicted octanol–water partition coefficient (Wildman–Crippen LogP) is 4.00. The molecule has 0 unspecified atom stereocenters. The summed E-state index contributed by atoms with van der Waals surface area (Å²) in [6, 6.07) is 9.00. The predicted molar refractivity (Wildman–Crippen MR) is 76.4 cm³/mol. The van der Waals surface area contributed by atoms with E-state index < -0.39 is 0 Å². The fourth-order valence-electron chi connectivity index (χ4n) is 2.14. The van der Waals surface area contributed by atoms with E-state index in [1.165, 1.54) is 27.1 Å². The van der Waals surface area contributed by atoms with Crippen LogP contribution in [0.2, 0.25) is 0 Å². The van der Waals surface area contributed by atoms with Crippen LogP contribution in [0.5, 0.6) is 0 Å². The van der Waals surface area contributed by atoms with Gasteiger partial charge in [0.1, 0.15) is 0 Å². The highest BCUT2D eigenvalue weighted by Crippen LogP contribution is 2.31. The van der Waals surface area contributed by atoms with Gasteiger partial charge in [-0.2, -0.15) is 0 Å². The average molecular weight is 245 g/mol. The van der Waals surface area contributed by atoms with Crippen LogP contribution in [0.3, 0.4) is 0 Å². The van der Waals surface area contributed by atoms with Crippen LogP contribution in [0.15, 0.2) is 29.6 Å². The minimum Gasteiger partial charge on any atom is -0.326 e. The molecule has 0 aliphatic heterocycles. The van der Waals surface area contributed by atoms with Gasteiger partial charge >= 0.3 is 0 Å². The summed E-state index contributed by atoms with van der Waals surface area (Å²) in [6.45, 7) is 5.04. The van der Waals surface area contributed by atoms with E-state index in [2.05, 4.69) is 43.5 Å². The second-order valence-corrected chi connectivity index (χ2v) is 5.16. The van der Waals surface area contributed by atoms with Crippen LogP contribution in [0.25, 0.3) is 11.1 Å². The summed E-state index contributed by atoms with van der Waals surface area (Å²) in [7, 11) is 0. The van der Waals surface area contributed by atoms with E-state index in [0.717, 1.165) is 12.8 Å². The molecule has 0 bridgehead atoms. The summed E-state index contributed by atoms with van der Waals surface area (Å²) in [5, 5.41) is 2.13. The Labute approximate surface area is 107 Å². The quantitative estimate of drug-likeness (QED) is 0.865. The third kappa shape index (κ3) is 2.43. The lowest BCUT2D eigenvalue weighted by Gasteiger charge is -2.10. The Hall–Kier alpha value is -1.12. The summed E-state index contributed by atoms with van der Waals surface area (Å²) < 4.78 is 0. The summed E-state index contributed by atoms with van der Waals surface area (Å²) in [6.07, 6.45) is 2.15. The second-order valence-electron chi connectivity index (χ2n) is 4.16. The molecule has 2 N–H and O–H groups in total. The van der Waals surface area contributed by atoms with Crippen molar-refractivity contribution in [2.45, 2.75) is 33.2 Å². The smallest absolute Gasteiger partial charge is 0.0280 e. The fourth-order valence-corrected chi connectivity index (χ4v) is 2.91. The van der Waals surface area contributed by atoms with Gasteiger partial charge in [0.05, 0.1) is 0 Å². The molecule has 17 heavy (non-hydrogen) atoms. The van der Waals surface area contributed by atoms with E-state index in [-0.39, 0.29) is 0 Å². The number of hydrogen-bond donors (Lipinski definition) is 1. The molecular weight excluding hydrogens is 226 g/mol. The van der Waals surface area contributed by atoms with Crippen LogP contribution in [-0.4, -0.2) is 0 Å². The van der Waals surface area contributed by atoms with Crippen molar-refractivity contribution in [1.82, 2.24) is 0 Å². The normalized spacial score (nSPS) is 10.8. The van der Waals surface area contributed by atoms with Crippen molar-refractivity contribution in [2.75, 3.05) is 0 Å². The molecule has 0 radical (unpaired) electrons. The van der Waals surface area contributed by atoms with E-state index in [1.807, 2.05) is 0 Å². The van der Waals surface area contributed by atoms with Crippen LogP contribution in [0.1, 0.15) is 29.9 Å². The Kier molecular flexibility index (Phi) is 3.97. The van der Waals surface area contributed by atoms with Gasteiger partial charge in [0.15, 0.2) is 0 Å². The van der Waals surface area contributed by atoms with Gasteiger partial charge in [0, 0.05) is 11.4 Å². The molecule has 1 aromatic heterocycles. The van der Waals surface area contributed by atoms with E-state index in [4.69, 9.17) is 5.73 Å². The largest absolute Gasteiger partial charge is 0.326 e. The highest BCUT2D eigenvalue weighted by atomic mass is 32.1. The number of benzene rings is 1. The molecule has 2 aromatic rings. The molecule has 1 aromatic carbocycles. The minimum atomic E-state index is 0.631. The fraction of sp³-hybridized carbons (Fsp3) is 0.333. The van der Waals surface area contributed by atoms with Gasteiger partial charge in [-0.25, -0.2) is 0 Å².